The van der Waals surface area contributed by atoms with Gasteiger partial charge in [-0.25, -0.2) is 14.8 Å². The molecule has 1 amide bonds. The predicted octanol–water partition coefficient (Wildman–Crippen LogP) is 3.98. The maximum Gasteiger partial charge on any atom is 0.432 e. The summed E-state index contributed by atoms with van der Waals surface area (Å²) >= 11 is 0. The Morgan fingerprint density at radius 3 is 2.78 bits per heavy atom. The van der Waals surface area contributed by atoms with Gasteiger partial charge in [0.1, 0.15) is 17.8 Å². The summed E-state index contributed by atoms with van der Waals surface area (Å²) in [6.45, 7) is 0.0797. The Morgan fingerprint density at radius 1 is 1.25 bits per heavy atom. The van der Waals surface area contributed by atoms with E-state index in [0.717, 1.165) is 5.06 Å². The maximum absolute atomic E-state index is 12.7. The molecule has 0 bridgehead atoms. The molecule has 0 saturated heterocycles. The third-order valence-corrected chi connectivity index (χ3v) is 4.30. The summed E-state index contributed by atoms with van der Waals surface area (Å²) in [5, 5.41) is 20.1. The van der Waals surface area contributed by atoms with Crippen molar-refractivity contribution < 1.29 is 22.7 Å². The third kappa shape index (κ3) is 4.68. The largest absolute Gasteiger partial charge is 0.785 e. The molecule has 0 aliphatic carbocycles. The lowest BCUT2D eigenvalue weighted by atomic mass is 10.2. The zero-order valence-electron chi connectivity index (χ0n) is 16.4. The van der Waals surface area contributed by atoms with Gasteiger partial charge in [-0.05, 0) is 31.3 Å². The van der Waals surface area contributed by atoms with Crippen LogP contribution in [0.2, 0.25) is 0 Å². The summed E-state index contributed by atoms with van der Waals surface area (Å²) in [5.41, 5.74) is -0.0806. The van der Waals surface area contributed by atoms with E-state index in [-0.39, 0.29) is 18.2 Å². The number of alkyl halides is 3. The number of H-pyrrole nitrogens is 1. The van der Waals surface area contributed by atoms with Gasteiger partial charge in [-0.2, -0.15) is 18.3 Å². The first-order valence-electron chi connectivity index (χ1n) is 9.11. The summed E-state index contributed by atoms with van der Waals surface area (Å²) < 4.78 is 44.9. The molecule has 0 saturated carbocycles. The highest BCUT2D eigenvalue weighted by Crippen LogP contribution is 2.29. The number of halogens is 3. The highest BCUT2D eigenvalue weighted by Gasteiger charge is 2.33. The molecule has 2 N–H and O–H groups in total. The SMILES string of the molecule is CN([O-])Cc1cc(Oc2ccc3c(ccn3C(=O)Nc3cc(C(F)(F)F)[nH]n3)c2)ncn1. The van der Waals surface area contributed by atoms with E-state index in [9.17, 15) is 23.2 Å². The number of nitrogens with zero attached hydrogens (tertiary/aromatic N) is 5. The molecule has 10 nitrogen and oxygen atoms in total. The number of aromatic amines is 1. The second-order valence-corrected chi connectivity index (χ2v) is 6.74. The molecule has 0 aliphatic rings. The van der Waals surface area contributed by atoms with E-state index in [2.05, 4.69) is 20.4 Å². The van der Waals surface area contributed by atoms with Crippen molar-refractivity contribution in [2.75, 3.05) is 12.4 Å². The molecule has 4 aromatic rings. The van der Waals surface area contributed by atoms with Crippen LogP contribution in [0.25, 0.3) is 10.9 Å². The smallest absolute Gasteiger partial charge is 0.432 e. The summed E-state index contributed by atoms with van der Waals surface area (Å²) in [5.74, 6) is 0.415. The first kappa shape index (κ1) is 21.3. The zero-order chi connectivity index (χ0) is 22.9. The third-order valence-electron chi connectivity index (χ3n) is 4.30. The Balaban J connectivity index is 1.50. The molecule has 166 valence electrons. The van der Waals surface area contributed by atoms with Gasteiger partial charge in [0.25, 0.3) is 0 Å². The number of nitrogens with one attached hydrogen (secondary N) is 2. The number of benzene rings is 1. The molecule has 1 aromatic carbocycles. The lowest BCUT2D eigenvalue weighted by molar-refractivity contribution is -0.141. The molecular formula is C19H15F3N7O3-. The maximum atomic E-state index is 12.7. The fourth-order valence-corrected chi connectivity index (χ4v) is 2.93. The molecule has 3 aromatic heterocycles. The van der Waals surface area contributed by atoms with Crippen molar-refractivity contribution in [2.24, 2.45) is 0 Å². The van der Waals surface area contributed by atoms with Crippen molar-refractivity contribution in [3.05, 3.63) is 65.5 Å². The van der Waals surface area contributed by atoms with E-state index in [1.54, 1.807) is 24.3 Å². The van der Waals surface area contributed by atoms with Crippen molar-refractivity contribution in [1.82, 2.24) is 29.8 Å². The number of carbonyl (C=O) groups is 1. The van der Waals surface area contributed by atoms with Gasteiger partial charge in [-0.3, -0.25) is 15.0 Å². The Kier molecular flexibility index (Phi) is 5.50. The average molecular weight is 446 g/mol. The van der Waals surface area contributed by atoms with Crippen LogP contribution in [0.3, 0.4) is 0 Å². The minimum atomic E-state index is -4.60. The van der Waals surface area contributed by atoms with Crippen molar-refractivity contribution in [1.29, 1.82) is 0 Å². The predicted molar refractivity (Wildman–Crippen MR) is 107 cm³/mol. The van der Waals surface area contributed by atoms with E-state index in [0.29, 0.717) is 28.4 Å². The zero-order valence-corrected chi connectivity index (χ0v) is 16.4. The molecule has 0 fully saturated rings. The standard InChI is InChI=1S/C19H15F3N7O3/c1-28(31)9-12-7-17(24-10-23-12)32-13-2-3-14-11(6-13)4-5-29(14)18(30)25-16-8-15(26-27-16)19(20,21)22/h2-8,10H,9H2,1H3,(H2,25,26,27,30)/q-1. The molecule has 0 radical (unpaired) electrons. The fourth-order valence-electron chi connectivity index (χ4n) is 2.93. The lowest BCUT2D eigenvalue weighted by Gasteiger charge is -2.20. The van der Waals surface area contributed by atoms with Gasteiger partial charge < -0.3 is 15.0 Å². The first-order valence-corrected chi connectivity index (χ1v) is 9.11. The number of fused-ring (bicyclic) bond motifs is 1. The van der Waals surface area contributed by atoms with Crippen molar-refractivity contribution >= 4 is 22.8 Å². The number of aromatic nitrogens is 5. The van der Waals surface area contributed by atoms with E-state index in [4.69, 9.17) is 4.74 Å². The van der Waals surface area contributed by atoms with Crippen LogP contribution in [0.15, 0.2) is 48.9 Å². The second-order valence-electron chi connectivity index (χ2n) is 6.74. The summed E-state index contributed by atoms with van der Waals surface area (Å²) in [4.78, 5) is 20.5. The fraction of sp³-hybridized carbons (Fsp3) is 0.158. The van der Waals surface area contributed by atoms with Crippen molar-refractivity contribution in [3.8, 4) is 11.6 Å². The number of hydrogen-bond donors (Lipinski definition) is 2. The topological polar surface area (TPSA) is 124 Å². The van der Waals surface area contributed by atoms with Gasteiger partial charge in [-0.15, -0.1) is 0 Å². The molecule has 4 rings (SSSR count). The molecule has 0 atom stereocenters. The number of rotatable bonds is 5. The number of hydrogen-bond acceptors (Lipinski definition) is 7. The van der Waals surface area contributed by atoms with Crippen LogP contribution >= 0.6 is 0 Å². The highest BCUT2D eigenvalue weighted by atomic mass is 19.4. The molecule has 0 spiro atoms. The van der Waals surface area contributed by atoms with Crippen LogP contribution in [-0.4, -0.2) is 42.9 Å². The van der Waals surface area contributed by atoms with Gasteiger partial charge in [-0.1, -0.05) is 0 Å². The van der Waals surface area contributed by atoms with Crippen LogP contribution in [0.4, 0.5) is 23.8 Å². The van der Waals surface area contributed by atoms with Crippen LogP contribution < -0.4 is 10.1 Å². The highest BCUT2D eigenvalue weighted by molar-refractivity contribution is 5.98. The van der Waals surface area contributed by atoms with Gasteiger partial charge in [0, 0.05) is 30.3 Å². The monoisotopic (exact) mass is 446 g/mol. The average Bonchev–Trinajstić information content (AvgIpc) is 3.34. The number of amides is 1. The Bertz CT molecular complexity index is 1270. The molecule has 32 heavy (non-hydrogen) atoms. The van der Waals surface area contributed by atoms with Crippen LogP contribution in [0.5, 0.6) is 11.6 Å². The molecule has 3 heterocycles. The van der Waals surface area contributed by atoms with E-state index < -0.39 is 17.9 Å². The van der Waals surface area contributed by atoms with Gasteiger partial charge in [0.15, 0.2) is 5.82 Å². The molecular weight excluding hydrogens is 431 g/mol. The van der Waals surface area contributed by atoms with Crippen LogP contribution in [0, 0.1) is 5.21 Å². The Hall–Kier alpha value is -3.97. The van der Waals surface area contributed by atoms with Crippen molar-refractivity contribution in [3.63, 3.8) is 0 Å². The van der Waals surface area contributed by atoms with E-state index >= 15 is 0 Å². The molecule has 0 aliphatic heterocycles. The Morgan fingerprint density at radius 2 is 2.06 bits per heavy atom. The van der Waals surface area contributed by atoms with E-state index in [1.165, 1.54) is 30.2 Å². The molecule has 13 heteroatoms. The van der Waals surface area contributed by atoms with Crippen LogP contribution in [-0.2, 0) is 12.7 Å². The normalized spacial score (nSPS) is 11.8. The minimum absolute atomic E-state index is 0.0797. The second kappa shape index (κ2) is 8.28. The number of carbonyl (C=O) groups excluding carboxylic acids is 1. The lowest BCUT2D eigenvalue weighted by Crippen LogP contribution is -2.18. The molecule has 0 unspecified atom stereocenters. The van der Waals surface area contributed by atoms with Gasteiger partial charge >= 0.3 is 12.2 Å². The quantitative estimate of drug-likeness (QED) is 0.445. The van der Waals surface area contributed by atoms with Crippen LogP contribution in [0.1, 0.15) is 11.4 Å². The number of hydroxylamine groups is 2. The van der Waals surface area contributed by atoms with Gasteiger partial charge in [0.2, 0.25) is 5.88 Å². The Labute approximate surface area is 178 Å². The number of anilines is 1. The summed E-state index contributed by atoms with van der Waals surface area (Å²) in [6.07, 6.45) is -1.84. The minimum Gasteiger partial charge on any atom is -0.785 e. The van der Waals surface area contributed by atoms with E-state index in [1.807, 2.05) is 5.10 Å². The number of ether oxygens (including phenoxy) is 1. The first-order chi connectivity index (χ1) is 15.2. The summed E-state index contributed by atoms with van der Waals surface area (Å²) in [7, 11) is 1.37. The summed E-state index contributed by atoms with van der Waals surface area (Å²) in [6, 6.07) is 8.08. The van der Waals surface area contributed by atoms with Crippen molar-refractivity contribution in [2.45, 2.75) is 12.7 Å². The van der Waals surface area contributed by atoms with Gasteiger partial charge in [0.05, 0.1) is 11.2 Å².